The van der Waals surface area contributed by atoms with E-state index in [1.165, 1.54) is 0 Å². The molecular formula is C21H24Cl2N2O2. The SMILES string of the molecule is Cl.O=C(Nc1ccccc1OCc1cccc(Cl)c1)C1CC12CCNCC2. The van der Waals surface area contributed by atoms with Crippen LogP contribution in [-0.4, -0.2) is 19.0 Å². The van der Waals surface area contributed by atoms with Crippen LogP contribution in [0, 0.1) is 11.3 Å². The van der Waals surface area contributed by atoms with Gasteiger partial charge in [0.2, 0.25) is 5.91 Å². The van der Waals surface area contributed by atoms with Crippen LogP contribution >= 0.6 is 24.0 Å². The maximum Gasteiger partial charge on any atom is 0.228 e. The number of nitrogens with one attached hydrogen (secondary N) is 2. The molecule has 2 aromatic rings. The predicted molar refractivity (Wildman–Crippen MR) is 111 cm³/mol. The van der Waals surface area contributed by atoms with E-state index in [0.717, 1.165) is 43.6 Å². The van der Waals surface area contributed by atoms with Gasteiger partial charge in [0.25, 0.3) is 0 Å². The lowest BCUT2D eigenvalue weighted by molar-refractivity contribution is -0.118. The monoisotopic (exact) mass is 406 g/mol. The molecule has 2 fully saturated rings. The van der Waals surface area contributed by atoms with E-state index in [2.05, 4.69) is 10.6 Å². The van der Waals surface area contributed by atoms with E-state index in [4.69, 9.17) is 16.3 Å². The van der Waals surface area contributed by atoms with Crippen LogP contribution in [0.15, 0.2) is 48.5 Å². The second kappa shape index (κ2) is 8.51. The molecule has 4 nitrogen and oxygen atoms in total. The van der Waals surface area contributed by atoms with Crippen LogP contribution in [0.5, 0.6) is 5.75 Å². The lowest BCUT2D eigenvalue weighted by atomic mass is 9.92. The Hall–Kier alpha value is -1.75. The van der Waals surface area contributed by atoms with Crippen molar-refractivity contribution in [2.75, 3.05) is 18.4 Å². The Morgan fingerprint density at radius 2 is 1.96 bits per heavy atom. The normalized spacial score (nSPS) is 19.8. The van der Waals surface area contributed by atoms with Gasteiger partial charge in [0.1, 0.15) is 12.4 Å². The van der Waals surface area contributed by atoms with E-state index >= 15 is 0 Å². The molecule has 1 unspecified atom stereocenters. The van der Waals surface area contributed by atoms with Crippen molar-refractivity contribution in [1.29, 1.82) is 0 Å². The summed E-state index contributed by atoms with van der Waals surface area (Å²) in [6.45, 7) is 2.44. The minimum atomic E-state index is 0. The summed E-state index contributed by atoms with van der Waals surface area (Å²) in [6, 6.07) is 15.2. The molecule has 1 aliphatic heterocycles. The third kappa shape index (κ3) is 4.57. The van der Waals surface area contributed by atoms with Crippen LogP contribution in [0.25, 0.3) is 0 Å². The summed E-state index contributed by atoms with van der Waals surface area (Å²) in [7, 11) is 0. The van der Waals surface area contributed by atoms with Gasteiger partial charge in [-0.2, -0.15) is 0 Å². The van der Waals surface area contributed by atoms with Crippen LogP contribution in [0.4, 0.5) is 5.69 Å². The van der Waals surface area contributed by atoms with Crippen molar-refractivity contribution in [3.05, 3.63) is 59.1 Å². The number of carbonyl (C=O) groups excluding carboxylic acids is 1. The lowest BCUT2D eigenvalue weighted by Gasteiger charge is -2.23. The van der Waals surface area contributed by atoms with Gasteiger partial charge in [0, 0.05) is 10.9 Å². The van der Waals surface area contributed by atoms with E-state index in [1.807, 2.05) is 48.5 Å². The Bertz CT molecular complexity index is 806. The standard InChI is InChI=1S/C21H23ClN2O2.ClH/c22-16-5-3-4-15(12-16)14-26-19-7-2-1-6-18(19)24-20(25)17-13-21(17)8-10-23-11-9-21;/h1-7,12,17,23H,8-11,13-14H2,(H,24,25);1H. The van der Waals surface area contributed by atoms with Gasteiger partial charge < -0.3 is 15.4 Å². The first-order chi connectivity index (χ1) is 12.7. The second-order valence-electron chi connectivity index (χ2n) is 7.27. The van der Waals surface area contributed by atoms with Crippen molar-refractivity contribution in [3.8, 4) is 5.75 Å². The van der Waals surface area contributed by atoms with Gasteiger partial charge in [-0.25, -0.2) is 0 Å². The van der Waals surface area contributed by atoms with E-state index in [1.54, 1.807) is 0 Å². The van der Waals surface area contributed by atoms with Gasteiger partial charge >= 0.3 is 0 Å². The van der Waals surface area contributed by atoms with Crippen molar-refractivity contribution in [1.82, 2.24) is 5.32 Å². The lowest BCUT2D eigenvalue weighted by Crippen LogP contribution is -2.31. The summed E-state index contributed by atoms with van der Waals surface area (Å²) in [5.41, 5.74) is 1.95. The number of halogens is 2. The number of para-hydroxylation sites is 2. The molecule has 144 valence electrons. The fraction of sp³-hybridized carbons (Fsp3) is 0.381. The average molecular weight is 407 g/mol. The molecule has 2 aromatic carbocycles. The fourth-order valence-electron chi connectivity index (χ4n) is 3.90. The zero-order valence-electron chi connectivity index (χ0n) is 15.0. The molecule has 0 radical (unpaired) electrons. The van der Waals surface area contributed by atoms with Crippen LogP contribution in [0.1, 0.15) is 24.8 Å². The van der Waals surface area contributed by atoms with Crippen LogP contribution in [-0.2, 0) is 11.4 Å². The first-order valence-electron chi connectivity index (χ1n) is 9.14. The number of ether oxygens (including phenoxy) is 1. The van der Waals surface area contributed by atoms with Gasteiger partial charge in [-0.05, 0) is 67.6 Å². The van der Waals surface area contributed by atoms with Gasteiger partial charge in [-0.15, -0.1) is 12.4 Å². The Morgan fingerprint density at radius 1 is 1.19 bits per heavy atom. The average Bonchev–Trinajstić information content (AvgIpc) is 3.35. The summed E-state index contributed by atoms with van der Waals surface area (Å²) in [6.07, 6.45) is 3.20. The molecule has 0 bridgehead atoms. The maximum atomic E-state index is 12.7. The molecule has 2 aliphatic rings. The first kappa shape index (κ1) is 20.0. The van der Waals surface area contributed by atoms with Crippen molar-refractivity contribution in [2.24, 2.45) is 11.3 Å². The minimum absolute atomic E-state index is 0. The summed E-state index contributed by atoms with van der Waals surface area (Å²) < 4.78 is 5.93. The van der Waals surface area contributed by atoms with E-state index in [0.29, 0.717) is 17.4 Å². The maximum absolute atomic E-state index is 12.7. The highest BCUT2D eigenvalue weighted by Gasteiger charge is 2.57. The quantitative estimate of drug-likeness (QED) is 0.758. The highest BCUT2D eigenvalue weighted by Crippen LogP contribution is 2.58. The number of piperidine rings is 1. The van der Waals surface area contributed by atoms with E-state index in [-0.39, 0.29) is 29.6 Å². The third-order valence-electron chi connectivity index (χ3n) is 5.53. The summed E-state index contributed by atoms with van der Waals surface area (Å²) in [5.74, 6) is 0.928. The smallest absolute Gasteiger partial charge is 0.228 e. The van der Waals surface area contributed by atoms with E-state index < -0.39 is 0 Å². The van der Waals surface area contributed by atoms with Gasteiger partial charge in [-0.1, -0.05) is 35.9 Å². The first-order valence-corrected chi connectivity index (χ1v) is 9.52. The molecule has 1 heterocycles. The van der Waals surface area contributed by atoms with Gasteiger partial charge in [0.05, 0.1) is 5.69 Å². The highest BCUT2D eigenvalue weighted by atomic mass is 35.5. The predicted octanol–water partition coefficient (Wildman–Crippen LogP) is 4.67. The molecule has 1 spiro atoms. The Balaban J connectivity index is 0.00000210. The molecule has 4 rings (SSSR count). The van der Waals surface area contributed by atoms with Crippen LogP contribution in [0.2, 0.25) is 5.02 Å². The molecule has 27 heavy (non-hydrogen) atoms. The topological polar surface area (TPSA) is 50.4 Å². The molecule has 6 heteroatoms. The number of carbonyl (C=O) groups is 1. The highest BCUT2D eigenvalue weighted by molar-refractivity contribution is 6.30. The number of benzene rings is 2. The third-order valence-corrected chi connectivity index (χ3v) is 5.77. The molecule has 1 atom stereocenters. The Kier molecular flexibility index (Phi) is 6.30. The summed E-state index contributed by atoms with van der Waals surface area (Å²) in [5, 5.41) is 7.14. The molecule has 1 amide bonds. The Morgan fingerprint density at radius 3 is 2.74 bits per heavy atom. The number of rotatable bonds is 5. The number of amides is 1. The van der Waals surface area contributed by atoms with Crippen molar-refractivity contribution in [3.63, 3.8) is 0 Å². The van der Waals surface area contributed by atoms with Crippen molar-refractivity contribution in [2.45, 2.75) is 25.9 Å². The minimum Gasteiger partial charge on any atom is -0.487 e. The number of anilines is 1. The van der Waals surface area contributed by atoms with Gasteiger partial charge in [-0.3, -0.25) is 4.79 Å². The molecular weight excluding hydrogens is 383 g/mol. The number of hydrogen-bond acceptors (Lipinski definition) is 3. The largest absolute Gasteiger partial charge is 0.487 e. The Labute approximate surface area is 171 Å². The molecule has 1 aliphatic carbocycles. The second-order valence-corrected chi connectivity index (χ2v) is 7.71. The zero-order valence-corrected chi connectivity index (χ0v) is 16.6. The molecule has 1 saturated carbocycles. The van der Waals surface area contributed by atoms with Crippen molar-refractivity contribution >= 4 is 35.6 Å². The summed E-state index contributed by atoms with van der Waals surface area (Å²) in [4.78, 5) is 12.7. The van der Waals surface area contributed by atoms with Crippen LogP contribution < -0.4 is 15.4 Å². The fourth-order valence-corrected chi connectivity index (χ4v) is 4.11. The molecule has 2 N–H and O–H groups in total. The van der Waals surface area contributed by atoms with E-state index in [9.17, 15) is 4.79 Å². The molecule has 0 aromatic heterocycles. The number of hydrogen-bond donors (Lipinski definition) is 2. The summed E-state index contributed by atoms with van der Waals surface area (Å²) >= 11 is 6.02. The molecule has 1 saturated heterocycles. The van der Waals surface area contributed by atoms with Crippen molar-refractivity contribution < 1.29 is 9.53 Å². The zero-order chi connectivity index (χ0) is 18.0. The van der Waals surface area contributed by atoms with Gasteiger partial charge in [0.15, 0.2) is 0 Å². The van der Waals surface area contributed by atoms with Crippen LogP contribution in [0.3, 0.4) is 0 Å².